The normalized spacial score (nSPS) is 10.7. The van der Waals surface area contributed by atoms with E-state index in [2.05, 4.69) is 25.5 Å². The highest BCUT2D eigenvalue weighted by atomic mass is 16.1. The first-order chi connectivity index (χ1) is 11.0. The quantitative estimate of drug-likeness (QED) is 0.856. The summed E-state index contributed by atoms with van der Waals surface area (Å²) < 4.78 is 0. The Hall–Kier alpha value is -2.47. The molecule has 0 aliphatic heterocycles. The molecule has 0 saturated heterocycles. The predicted molar refractivity (Wildman–Crippen MR) is 92.9 cm³/mol. The molecule has 1 heterocycles. The predicted octanol–water partition coefficient (Wildman–Crippen LogP) is 2.32. The standard InChI is InChI=1S/C17H23N5O/c1-12-6-5-7-13(2)15(12)21-16(23)14-8-9-18-17(20-14)19-10-11-22(3)4/h5-9H,10-11H2,1-4H3,(H,21,23)(H,18,19,20). The van der Waals surface area contributed by atoms with Crippen molar-refractivity contribution in [2.45, 2.75) is 13.8 Å². The maximum absolute atomic E-state index is 12.4. The molecule has 122 valence electrons. The van der Waals surface area contributed by atoms with Gasteiger partial charge in [0.15, 0.2) is 0 Å². The highest BCUT2D eigenvalue weighted by molar-refractivity contribution is 6.03. The maximum atomic E-state index is 12.4. The summed E-state index contributed by atoms with van der Waals surface area (Å²) in [5.41, 5.74) is 3.22. The zero-order valence-corrected chi connectivity index (χ0v) is 14.1. The molecule has 6 heteroatoms. The summed E-state index contributed by atoms with van der Waals surface area (Å²) in [6, 6.07) is 7.52. The summed E-state index contributed by atoms with van der Waals surface area (Å²) in [7, 11) is 3.99. The highest BCUT2D eigenvalue weighted by Gasteiger charge is 2.11. The van der Waals surface area contributed by atoms with Crippen LogP contribution in [0.4, 0.5) is 11.6 Å². The van der Waals surface area contributed by atoms with Gasteiger partial charge >= 0.3 is 0 Å². The van der Waals surface area contributed by atoms with Crippen LogP contribution in [0, 0.1) is 13.8 Å². The number of carbonyl (C=O) groups is 1. The second-order valence-corrected chi connectivity index (χ2v) is 5.72. The second kappa shape index (κ2) is 7.69. The number of likely N-dealkylation sites (N-methyl/N-ethyl adjacent to an activating group) is 1. The molecule has 6 nitrogen and oxygen atoms in total. The van der Waals surface area contributed by atoms with Gasteiger partial charge in [-0.15, -0.1) is 0 Å². The van der Waals surface area contributed by atoms with Crippen molar-refractivity contribution in [3.05, 3.63) is 47.3 Å². The summed E-state index contributed by atoms with van der Waals surface area (Å²) in [4.78, 5) is 22.9. The average molecular weight is 313 g/mol. The monoisotopic (exact) mass is 313 g/mol. The molecular weight excluding hydrogens is 290 g/mol. The van der Waals surface area contributed by atoms with Crippen LogP contribution in [0.3, 0.4) is 0 Å². The Balaban J connectivity index is 2.08. The zero-order chi connectivity index (χ0) is 16.8. The van der Waals surface area contributed by atoms with E-state index < -0.39 is 0 Å². The van der Waals surface area contributed by atoms with Crippen molar-refractivity contribution in [3.8, 4) is 0 Å². The number of amides is 1. The number of hydrogen-bond acceptors (Lipinski definition) is 5. The first-order valence-corrected chi connectivity index (χ1v) is 7.56. The van der Waals surface area contributed by atoms with Gasteiger partial charge in [-0.1, -0.05) is 18.2 Å². The van der Waals surface area contributed by atoms with Crippen LogP contribution in [-0.2, 0) is 0 Å². The lowest BCUT2D eigenvalue weighted by Crippen LogP contribution is -2.22. The molecule has 1 amide bonds. The van der Waals surface area contributed by atoms with Gasteiger partial charge in [0.1, 0.15) is 5.69 Å². The van der Waals surface area contributed by atoms with Gasteiger partial charge in [-0.25, -0.2) is 9.97 Å². The van der Waals surface area contributed by atoms with Gasteiger partial charge in [-0.2, -0.15) is 0 Å². The van der Waals surface area contributed by atoms with Crippen molar-refractivity contribution < 1.29 is 4.79 Å². The Morgan fingerprint density at radius 2 is 1.87 bits per heavy atom. The smallest absolute Gasteiger partial charge is 0.274 e. The number of aromatic nitrogens is 2. The van der Waals surface area contributed by atoms with Crippen molar-refractivity contribution in [1.29, 1.82) is 0 Å². The Labute approximate surface area is 137 Å². The molecule has 1 aromatic carbocycles. The van der Waals surface area contributed by atoms with Gasteiger partial charge in [0.05, 0.1) is 0 Å². The fourth-order valence-electron chi connectivity index (χ4n) is 2.15. The van der Waals surface area contributed by atoms with E-state index in [0.717, 1.165) is 29.9 Å². The highest BCUT2D eigenvalue weighted by Crippen LogP contribution is 2.20. The summed E-state index contributed by atoms with van der Waals surface area (Å²) in [6.07, 6.45) is 1.59. The molecule has 0 saturated carbocycles. The molecule has 0 spiro atoms. The zero-order valence-electron chi connectivity index (χ0n) is 14.1. The van der Waals surface area contributed by atoms with E-state index in [9.17, 15) is 4.79 Å². The number of hydrogen-bond donors (Lipinski definition) is 2. The fourth-order valence-corrected chi connectivity index (χ4v) is 2.15. The fraction of sp³-hybridized carbons (Fsp3) is 0.353. The number of benzene rings is 1. The molecule has 0 unspecified atom stereocenters. The lowest BCUT2D eigenvalue weighted by molar-refractivity contribution is 0.102. The Kier molecular flexibility index (Phi) is 5.65. The van der Waals surface area contributed by atoms with Gasteiger partial charge in [0.2, 0.25) is 5.95 Å². The van der Waals surface area contributed by atoms with Crippen LogP contribution in [0.25, 0.3) is 0 Å². The van der Waals surface area contributed by atoms with E-state index in [0.29, 0.717) is 11.6 Å². The molecule has 0 aliphatic rings. The molecule has 0 radical (unpaired) electrons. The summed E-state index contributed by atoms with van der Waals surface area (Å²) in [6.45, 7) is 5.52. The molecule has 0 atom stereocenters. The van der Waals surface area contributed by atoms with E-state index >= 15 is 0 Å². The summed E-state index contributed by atoms with van der Waals surface area (Å²) in [5, 5.41) is 6.05. The number of anilines is 2. The molecule has 0 bridgehead atoms. The summed E-state index contributed by atoms with van der Waals surface area (Å²) >= 11 is 0. The Morgan fingerprint density at radius 3 is 2.52 bits per heavy atom. The van der Waals surface area contributed by atoms with Crippen LogP contribution >= 0.6 is 0 Å². The maximum Gasteiger partial charge on any atom is 0.274 e. The minimum absolute atomic E-state index is 0.236. The summed E-state index contributed by atoms with van der Waals surface area (Å²) in [5.74, 6) is 0.224. The van der Waals surface area contributed by atoms with Gasteiger partial charge < -0.3 is 15.5 Å². The molecule has 23 heavy (non-hydrogen) atoms. The van der Waals surface area contributed by atoms with Crippen LogP contribution in [-0.4, -0.2) is 48.0 Å². The topological polar surface area (TPSA) is 70.2 Å². The van der Waals surface area contributed by atoms with Gasteiger partial charge in [0.25, 0.3) is 5.91 Å². The van der Waals surface area contributed by atoms with Crippen LogP contribution in [0.15, 0.2) is 30.5 Å². The van der Waals surface area contributed by atoms with E-state index in [-0.39, 0.29) is 5.91 Å². The molecule has 0 aliphatic carbocycles. The molecule has 1 aromatic heterocycles. The average Bonchev–Trinajstić information content (AvgIpc) is 2.51. The third-order valence-corrected chi connectivity index (χ3v) is 3.45. The third-order valence-electron chi connectivity index (χ3n) is 3.45. The Bertz CT molecular complexity index is 664. The largest absolute Gasteiger partial charge is 0.353 e. The van der Waals surface area contributed by atoms with Crippen LogP contribution in [0.5, 0.6) is 0 Å². The van der Waals surface area contributed by atoms with Crippen LogP contribution in [0.2, 0.25) is 0 Å². The number of nitrogens with one attached hydrogen (secondary N) is 2. The minimum atomic E-state index is -0.236. The molecule has 2 N–H and O–H groups in total. The van der Waals surface area contributed by atoms with Crippen molar-refractivity contribution in [2.24, 2.45) is 0 Å². The molecule has 0 fully saturated rings. The lowest BCUT2D eigenvalue weighted by Gasteiger charge is -2.12. The Morgan fingerprint density at radius 1 is 1.17 bits per heavy atom. The first kappa shape index (κ1) is 16.9. The molecule has 2 aromatic rings. The lowest BCUT2D eigenvalue weighted by atomic mass is 10.1. The van der Waals surface area contributed by atoms with Crippen molar-refractivity contribution in [1.82, 2.24) is 14.9 Å². The molecule has 2 rings (SSSR count). The van der Waals surface area contributed by atoms with E-state index in [4.69, 9.17) is 0 Å². The van der Waals surface area contributed by atoms with Gasteiger partial charge in [-0.3, -0.25) is 4.79 Å². The number of nitrogens with zero attached hydrogens (tertiary/aromatic N) is 3. The third kappa shape index (κ3) is 4.75. The van der Waals surface area contributed by atoms with E-state index in [1.54, 1.807) is 12.3 Å². The first-order valence-electron chi connectivity index (χ1n) is 7.56. The second-order valence-electron chi connectivity index (χ2n) is 5.72. The number of aryl methyl sites for hydroxylation is 2. The van der Waals surface area contributed by atoms with Crippen molar-refractivity contribution in [2.75, 3.05) is 37.8 Å². The van der Waals surface area contributed by atoms with Crippen molar-refractivity contribution in [3.63, 3.8) is 0 Å². The van der Waals surface area contributed by atoms with Gasteiger partial charge in [0, 0.05) is 25.0 Å². The SMILES string of the molecule is Cc1cccc(C)c1NC(=O)c1ccnc(NCCN(C)C)n1. The number of carbonyl (C=O) groups excluding carboxylic acids is 1. The van der Waals surface area contributed by atoms with E-state index in [1.807, 2.05) is 46.1 Å². The number of para-hydroxylation sites is 1. The van der Waals surface area contributed by atoms with E-state index in [1.165, 1.54) is 0 Å². The van der Waals surface area contributed by atoms with Crippen molar-refractivity contribution >= 4 is 17.5 Å². The minimum Gasteiger partial charge on any atom is -0.353 e. The molecular formula is C17H23N5O. The number of rotatable bonds is 6. The van der Waals surface area contributed by atoms with Crippen LogP contribution in [0.1, 0.15) is 21.6 Å². The van der Waals surface area contributed by atoms with Gasteiger partial charge in [-0.05, 0) is 45.1 Å². The van der Waals surface area contributed by atoms with Crippen LogP contribution < -0.4 is 10.6 Å².